The van der Waals surface area contributed by atoms with E-state index in [0.29, 0.717) is 39.1 Å². The van der Waals surface area contributed by atoms with Gasteiger partial charge in [0.1, 0.15) is 5.58 Å². The summed E-state index contributed by atoms with van der Waals surface area (Å²) in [5.74, 6) is 0. The molecule has 3 heterocycles. The number of aryl methyl sites for hydroxylation is 2. The van der Waals surface area contributed by atoms with Gasteiger partial charge in [0.15, 0.2) is 0 Å². The zero-order chi connectivity index (χ0) is 46.9. The number of furan rings is 1. The van der Waals surface area contributed by atoms with Crippen molar-refractivity contribution < 1.29 is 40.1 Å². The van der Waals surface area contributed by atoms with Crippen LogP contribution in [-0.4, -0.2) is 17.6 Å². The fourth-order valence-corrected chi connectivity index (χ4v) is 8.75. The van der Waals surface area contributed by atoms with Gasteiger partial charge in [-0.15, -0.1) is 17.3 Å². The minimum atomic E-state index is -2.55. The summed E-state index contributed by atoms with van der Waals surface area (Å²) < 4.78 is 74.9. The van der Waals surface area contributed by atoms with Crippen LogP contribution in [0.25, 0.3) is 71.8 Å². The van der Waals surface area contributed by atoms with E-state index in [4.69, 9.17) is 15.4 Å². The molecule has 0 saturated carbocycles. The Morgan fingerprint density at radius 1 is 0.914 bits per heavy atom. The first-order chi connectivity index (χ1) is 30.5. The smallest absolute Gasteiger partial charge is 0.500 e. The molecule has 9 aromatic rings. The van der Waals surface area contributed by atoms with Crippen molar-refractivity contribution in [3.05, 3.63) is 157 Å². The van der Waals surface area contributed by atoms with Crippen LogP contribution in [0.1, 0.15) is 48.4 Å². The third kappa shape index (κ3) is 7.81. The second kappa shape index (κ2) is 16.0. The molecular weight excluding hydrogens is 905 g/mol. The summed E-state index contributed by atoms with van der Waals surface area (Å²) in [7, 11) is -1.97. The second-order valence-electron chi connectivity index (χ2n) is 16.2. The summed E-state index contributed by atoms with van der Waals surface area (Å²) in [6, 6.07) is 45.1. The molecule has 0 N–H and O–H groups in total. The Bertz CT molecular complexity index is 3320. The summed E-state index contributed by atoms with van der Waals surface area (Å²) in [6.45, 7) is 7.21. The van der Waals surface area contributed by atoms with E-state index in [1.807, 2.05) is 84.9 Å². The predicted octanol–water partition coefficient (Wildman–Crippen LogP) is 11.6. The molecule has 58 heavy (non-hydrogen) atoms. The van der Waals surface area contributed by atoms with Crippen LogP contribution in [0, 0.1) is 42.1 Å². The topological polar surface area (TPSA) is 58.6 Å². The van der Waals surface area contributed by atoms with Crippen LogP contribution >= 0.6 is 0 Å². The molecule has 6 aromatic carbocycles. The number of hydrogen-bond donors (Lipinski definition) is 0. The Labute approximate surface area is 367 Å². The Morgan fingerprint density at radius 3 is 2.41 bits per heavy atom. The standard InChI is InChI=1S/C37H35N2OSi.C14H11N2.Ir/c1-23-22-39-31(19-28(23)20-37(2,3)4)29-16-17-32(41(5,6)7)34-30-15-14-27(21-38)33(36(30)40-35(29)34)26-13-12-24-10-8-9-11-25(24)18-26;1-15-11-16(12-7-3-2-4-8-12)14-10-6-5-9-13(14)15;/h8-15,17-19,22H,20H2,1-7H3;2-7,9-10H,1H3;/q2*-1;+3/i1D3,20D2;1D3;. The molecular formula is C51H46IrN4OSi+. The van der Waals surface area contributed by atoms with E-state index in [2.05, 4.69) is 61.3 Å². The molecule has 0 aliphatic heterocycles. The van der Waals surface area contributed by atoms with E-state index < -0.39 is 33.7 Å². The van der Waals surface area contributed by atoms with Gasteiger partial charge in [-0.1, -0.05) is 135 Å². The molecule has 7 heteroatoms. The zero-order valence-electron chi connectivity index (χ0n) is 41.1. The average molecular weight is 959 g/mol. The van der Waals surface area contributed by atoms with E-state index in [1.54, 1.807) is 43.5 Å². The molecule has 3 aromatic heterocycles. The number of para-hydroxylation sites is 3. The fraction of sp³-hybridized carbons (Fsp3) is 0.196. The first-order valence-electron chi connectivity index (χ1n) is 22.8. The van der Waals surface area contributed by atoms with Gasteiger partial charge in [0.05, 0.1) is 39.3 Å². The minimum absolute atomic E-state index is 0. The molecule has 0 atom stereocenters. The van der Waals surface area contributed by atoms with Crippen molar-refractivity contribution in [3.63, 3.8) is 0 Å². The molecule has 0 aliphatic carbocycles. The van der Waals surface area contributed by atoms with Gasteiger partial charge in [-0.25, -0.2) is 0 Å². The van der Waals surface area contributed by atoms with E-state index in [1.165, 1.54) is 10.8 Å². The summed E-state index contributed by atoms with van der Waals surface area (Å²) in [6.07, 6.45) is 2.17. The predicted molar refractivity (Wildman–Crippen MR) is 236 cm³/mol. The van der Waals surface area contributed by atoms with Crippen LogP contribution in [0.4, 0.5) is 0 Å². The first-order valence-corrected chi connectivity index (χ1v) is 22.3. The Kier molecular flexibility index (Phi) is 8.62. The summed E-state index contributed by atoms with van der Waals surface area (Å²) >= 11 is 0. The molecule has 0 saturated heterocycles. The van der Waals surface area contributed by atoms with E-state index in [9.17, 15) is 5.26 Å². The van der Waals surface area contributed by atoms with Crippen molar-refractivity contribution >= 4 is 57.0 Å². The Balaban J connectivity index is 0.000000270. The zero-order valence-corrected chi connectivity index (χ0v) is 36.5. The number of rotatable bonds is 5. The normalized spacial score (nSPS) is 14.4. The van der Waals surface area contributed by atoms with E-state index >= 15 is 0 Å². The molecule has 0 aliphatic rings. The summed E-state index contributed by atoms with van der Waals surface area (Å²) in [4.78, 5) is 4.57. The van der Waals surface area contributed by atoms with Crippen LogP contribution < -0.4 is 9.75 Å². The summed E-state index contributed by atoms with van der Waals surface area (Å²) in [5, 5.41) is 15.3. The maximum Gasteiger partial charge on any atom is 3.00 e. The monoisotopic (exact) mass is 959 g/mol. The Morgan fingerprint density at radius 2 is 1.69 bits per heavy atom. The van der Waals surface area contributed by atoms with Crippen molar-refractivity contribution in [2.24, 2.45) is 12.4 Å². The number of aromatic nitrogens is 3. The number of fused-ring (bicyclic) bond motifs is 5. The molecule has 288 valence electrons. The van der Waals surface area contributed by atoms with Crippen LogP contribution in [0.15, 0.2) is 126 Å². The SMILES string of the molecule is [2H]C([2H])([2H])[n+]1[c-]n(-c2[c-]cccc2)c2ccccc21.[2H]C([2H])([2H])c1cnc(-c2[c-]cc([Si](C)(C)C)c3c2oc2c(-c4ccc5ccccc5c4)c(C#N)ccc23)cc1C([2H])([2H])C(C)(C)C.[Ir+3]. The summed E-state index contributed by atoms with van der Waals surface area (Å²) in [5.41, 5.74) is 5.28. The number of nitriles is 1. The third-order valence-electron chi connectivity index (χ3n) is 9.85. The maximum absolute atomic E-state index is 10.2. The van der Waals surface area contributed by atoms with Crippen LogP contribution in [0.3, 0.4) is 0 Å². The third-order valence-corrected chi connectivity index (χ3v) is 11.9. The molecule has 9 rings (SSSR count). The molecule has 0 spiro atoms. The van der Waals surface area contributed by atoms with Gasteiger partial charge >= 0.3 is 20.1 Å². The van der Waals surface area contributed by atoms with Crippen LogP contribution in [-0.2, 0) is 33.5 Å². The van der Waals surface area contributed by atoms with Crippen molar-refractivity contribution in [1.82, 2.24) is 9.55 Å². The molecule has 0 fully saturated rings. The van der Waals surface area contributed by atoms with Crippen molar-refractivity contribution in [2.75, 3.05) is 0 Å². The largest absolute Gasteiger partial charge is 3.00 e. The van der Waals surface area contributed by atoms with Crippen LogP contribution in [0.2, 0.25) is 19.6 Å². The number of benzene rings is 6. The van der Waals surface area contributed by atoms with Gasteiger partial charge in [0, 0.05) is 32.1 Å². The second-order valence-corrected chi connectivity index (χ2v) is 21.2. The maximum atomic E-state index is 10.2. The molecule has 0 radical (unpaired) electrons. The molecule has 0 unspecified atom stereocenters. The van der Waals surface area contributed by atoms with Crippen LogP contribution in [0.5, 0.6) is 0 Å². The first kappa shape index (κ1) is 31.4. The van der Waals surface area contributed by atoms with Gasteiger partial charge in [-0.3, -0.25) is 0 Å². The molecule has 0 bridgehead atoms. The van der Waals surface area contributed by atoms with E-state index in [-0.39, 0.29) is 31.2 Å². The van der Waals surface area contributed by atoms with Gasteiger partial charge in [0.2, 0.25) is 6.33 Å². The minimum Gasteiger partial charge on any atom is -0.500 e. The van der Waals surface area contributed by atoms with Gasteiger partial charge in [0.25, 0.3) is 0 Å². The van der Waals surface area contributed by atoms with Gasteiger partial charge in [-0.2, -0.15) is 35.6 Å². The fourth-order valence-electron chi connectivity index (χ4n) is 7.25. The van der Waals surface area contributed by atoms with Gasteiger partial charge in [-0.05, 0) is 58.4 Å². The molecule has 5 nitrogen and oxygen atoms in total. The van der Waals surface area contributed by atoms with Crippen molar-refractivity contribution in [3.8, 4) is 34.1 Å². The van der Waals surface area contributed by atoms with Crippen molar-refractivity contribution in [2.45, 2.75) is 53.6 Å². The molecule has 0 amide bonds. The number of nitrogens with zero attached hydrogens (tertiary/aromatic N) is 4. The van der Waals surface area contributed by atoms with E-state index in [0.717, 1.165) is 43.5 Å². The number of pyridine rings is 1. The van der Waals surface area contributed by atoms with Gasteiger partial charge < -0.3 is 18.5 Å². The number of imidazole rings is 1. The average Bonchev–Trinajstić information content (AvgIpc) is 3.85. The number of hydrogen-bond acceptors (Lipinski definition) is 3. The quantitative estimate of drug-likeness (QED) is 0.0981. The Hall–Kier alpha value is -5.64. The van der Waals surface area contributed by atoms with Crippen molar-refractivity contribution in [1.29, 1.82) is 5.26 Å².